The minimum atomic E-state index is -0.332. The number of nitriles is 3. The molecule has 8 aromatic rings. The lowest BCUT2D eigenvalue weighted by molar-refractivity contribution is 0.660. The predicted octanol–water partition coefficient (Wildman–Crippen LogP) is 14.1. The summed E-state index contributed by atoms with van der Waals surface area (Å²) in [4.78, 5) is 2.34. The molecule has 8 aromatic carbocycles. The molecule has 0 heterocycles. The highest BCUT2D eigenvalue weighted by atomic mass is 15.1. The highest BCUT2D eigenvalue weighted by Crippen LogP contribution is 2.53. The van der Waals surface area contributed by atoms with Crippen LogP contribution in [-0.2, 0) is 5.41 Å². The van der Waals surface area contributed by atoms with Crippen molar-refractivity contribution in [3.63, 3.8) is 0 Å². The third-order valence-corrected chi connectivity index (χ3v) is 13.0. The topological polar surface area (TPSA) is 74.6 Å². The Morgan fingerprint density at radius 1 is 0.459 bits per heavy atom. The van der Waals surface area contributed by atoms with E-state index in [4.69, 9.17) is 0 Å². The molecule has 2 aliphatic carbocycles. The lowest BCUT2D eigenvalue weighted by Crippen LogP contribution is -2.20. The zero-order valence-electron chi connectivity index (χ0n) is 34.2. The summed E-state index contributed by atoms with van der Waals surface area (Å²) in [5.74, 6) is -0.393. The minimum absolute atomic E-state index is 0.0605. The summed E-state index contributed by atoms with van der Waals surface area (Å²) in [5, 5.41) is 30.5. The van der Waals surface area contributed by atoms with E-state index < -0.39 is 0 Å². The summed E-state index contributed by atoms with van der Waals surface area (Å²) in [6.07, 6.45) is 0. The maximum atomic E-state index is 10.6. The fraction of sp³-hybridized carbons (Fsp3) is 0.105. The molecular weight excluding hydrogens is 741 g/mol. The number of hydrogen-bond acceptors (Lipinski definition) is 4. The average Bonchev–Trinajstić information content (AvgIpc) is 3.54. The second-order valence-corrected chi connectivity index (χ2v) is 16.6. The molecule has 2 aliphatic rings. The Labute approximate surface area is 357 Å². The van der Waals surface area contributed by atoms with E-state index >= 15 is 0 Å². The molecule has 2 atom stereocenters. The van der Waals surface area contributed by atoms with Crippen LogP contribution in [0.4, 0.5) is 17.1 Å². The fourth-order valence-corrected chi connectivity index (χ4v) is 10.00. The number of anilines is 3. The number of hydrogen-bond donors (Lipinski definition) is 0. The number of rotatable bonds is 6. The van der Waals surface area contributed by atoms with E-state index in [9.17, 15) is 15.8 Å². The predicted molar refractivity (Wildman–Crippen MR) is 245 cm³/mol. The molecule has 0 saturated carbocycles. The van der Waals surface area contributed by atoms with E-state index in [0.29, 0.717) is 16.7 Å². The van der Waals surface area contributed by atoms with Crippen LogP contribution in [0, 0.1) is 34.0 Å². The van der Waals surface area contributed by atoms with Gasteiger partial charge < -0.3 is 4.90 Å². The van der Waals surface area contributed by atoms with Gasteiger partial charge in [0.1, 0.15) is 0 Å². The summed E-state index contributed by atoms with van der Waals surface area (Å²) in [5.41, 5.74) is 19.4. The number of benzene rings is 8. The number of nitrogens with zero attached hydrogens (tertiary/aromatic N) is 4. The molecular formula is C57H40N4. The third kappa shape index (κ3) is 6.11. The van der Waals surface area contributed by atoms with Crippen molar-refractivity contribution in [1.29, 1.82) is 15.8 Å². The molecule has 4 heteroatoms. The van der Waals surface area contributed by atoms with Gasteiger partial charge in [-0.05, 0) is 139 Å². The Kier molecular flexibility index (Phi) is 8.99. The van der Waals surface area contributed by atoms with Gasteiger partial charge in [-0.1, -0.05) is 130 Å². The maximum Gasteiger partial charge on any atom is 0.0994 e. The van der Waals surface area contributed by atoms with Gasteiger partial charge >= 0.3 is 0 Å². The van der Waals surface area contributed by atoms with Crippen LogP contribution >= 0.6 is 0 Å². The second-order valence-electron chi connectivity index (χ2n) is 16.6. The van der Waals surface area contributed by atoms with Gasteiger partial charge in [0.05, 0.1) is 34.9 Å². The zero-order valence-corrected chi connectivity index (χ0v) is 34.2. The summed E-state index contributed by atoms with van der Waals surface area (Å²) < 4.78 is 0. The van der Waals surface area contributed by atoms with E-state index in [1.54, 1.807) is 6.07 Å². The van der Waals surface area contributed by atoms with Gasteiger partial charge in [0.15, 0.2) is 0 Å². The van der Waals surface area contributed by atoms with Crippen molar-refractivity contribution in [3.8, 4) is 51.6 Å². The molecule has 0 saturated heterocycles. The first-order valence-corrected chi connectivity index (χ1v) is 20.7. The van der Waals surface area contributed by atoms with Crippen LogP contribution in [0.1, 0.15) is 88.2 Å². The summed E-state index contributed by atoms with van der Waals surface area (Å²) in [7, 11) is 0. The first kappa shape index (κ1) is 37.3. The molecule has 0 fully saturated rings. The molecule has 0 spiro atoms. The Morgan fingerprint density at radius 3 is 1.80 bits per heavy atom. The van der Waals surface area contributed by atoms with Crippen LogP contribution in [0.3, 0.4) is 0 Å². The molecule has 0 aliphatic heterocycles. The van der Waals surface area contributed by atoms with Crippen LogP contribution in [0.5, 0.6) is 0 Å². The Bertz CT molecular complexity index is 3160. The second kappa shape index (κ2) is 14.7. The van der Waals surface area contributed by atoms with Crippen LogP contribution in [-0.4, -0.2) is 0 Å². The van der Waals surface area contributed by atoms with Crippen molar-refractivity contribution in [2.45, 2.75) is 38.0 Å². The fourth-order valence-electron chi connectivity index (χ4n) is 10.00. The van der Waals surface area contributed by atoms with Gasteiger partial charge in [-0.2, -0.15) is 15.8 Å². The van der Waals surface area contributed by atoms with Gasteiger partial charge in [0.2, 0.25) is 0 Å². The first-order chi connectivity index (χ1) is 29.8. The zero-order chi connectivity index (χ0) is 41.8. The summed E-state index contributed by atoms with van der Waals surface area (Å²) in [6.45, 7) is 6.83. The molecule has 2 unspecified atom stereocenters. The molecule has 10 rings (SSSR count). The molecule has 0 bridgehead atoms. The molecule has 0 radical (unpaired) electrons. The lowest BCUT2D eigenvalue weighted by Gasteiger charge is -2.35. The van der Waals surface area contributed by atoms with Gasteiger partial charge in [-0.15, -0.1) is 0 Å². The molecule has 288 valence electrons. The third-order valence-electron chi connectivity index (χ3n) is 13.0. The van der Waals surface area contributed by atoms with Crippen LogP contribution in [0.15, 0.2) is 176 Å². The van der Waals surface area contributed by atoms with Crippen LogP contribution < -0.4 is 4.90 Å². The van der Waals surface area contributed by atoms with Gasteiger partial charge in [-0.3, -0.25) is 0 Å². The van der Waals surface area contributed by atoms with Crippen molar-refractivity contribution >= 4 is 17.1 Å². The monoisotopic (exact) mass is 780 g/mol. The van der Waals surface area contributed by atoms with Gasteiger partial charge in [-0.25, -0.2) is 0 Å². The van der Waals surface area contributed by atoms with Crippen molar-refractivity contribution in [3.05, 3.63) is 232 Å². The van der Waals surface area contributed by atoms with E-state index in [1.807, 2.05) is 42.5 Å². The smallest absolute Gasteiger partial charge is 0.0994 e. The van der Waals surface area contributed by atoms with Gasteiger partial charge in [0.25, 0.3) is 0 Å². The summed E-state index contributed by atoms with van der Waals surface area (Å²) in [6, 6.07) is 68.4. The van der Waals surface area contributed by atoms with E-state index in [0.717, 1.165) is 61.6 Å². The Hall–Kier alpha value is -7.97. The van der Waals surface area contributed by atoms with E-state index in [1.165, 1.54) is 27.8 Å². The maximum absolute atomic E-state index is 10.6. The normalized spacial score (nSPS) is 15.2. The summed E-state index contributed by atoms with van der Waals surface area (Å²) >= 11 is 0. The van der Waals surface area contributed by atoms with Crippen molar-refractivity contribution in [2.75, 3.05) is 4.90 Å². The van der Waals surface area contributed by atoms with Crippen molar-refractivity contribution < 1.29 is 0 Å². The van der Waals surface area contributed by atoms with Gasteiger partial charge in [0, 0.05) is 34.3 Å². The molecule has 0 N–H and O–H groups in total. The minimum Gasteiger partial charge on any atom is -0.310 e. The Morgan fingerprint density at radius 2 is 1.08 bits per heavy atom. The molecule has 61 heavy (non-hydrogen) atoms. The SMILES string of the molecule is CC1c2ccc(C#N)cc2C(c2cccc(C#N)c2)c2c(C#N)ccc(-c3ccc(N(c4ccc(-c5ccccc5)cc4)c4ccc5c(c4)C(C)(C)c4ccccc4-5)cc3)c21. The largest absolute Gasteiger partial charge is 0.310 e. The average molecular weight is 781 g/mol. The highest BCUT2D eigenvalue weighted by Gasteiger charge is 2.37. The van der Waals surface area contributed by atoms with E-state index in [2.05, 4.69) is 171 Å². The van der Waals surface area contributed by atoms with E-state index in [-0.39, 0.29) is 17.3 Å². The highest BCUT2D eigenvalue weighted by molar-refractivity contribution is 5.87. The number of fused-ring (bicyclic) bond motifs is 5. The quantitative estimate of drug-likeness (QED) is 0.168. The Balaban J connectivity index is 1.11. The molecule has 4 nitrogen and oxygen atoms in total. The lowest BCUT2D eigenvalue weighted by atomic mass is 9.67. The standard InChI is InChI=1S/C57H40N4/c1-36-47-27-16-38(34-59)31-51(47)55(42-13-9-10-37(30-42)33-58)56-43(35-60)21-28-48(54(36)56)41-19-24-45(25-20-41)61(44-22-17-40(18-23-44)39-11-5-4-6-12-39)46-26-29-50-49-14-7-8-15-52(49)57(2,3)53(50)32-46/h4-32,36,55H,1-3H3. The molecule has 0 aromatic heterocycles. The van der Waals surface area contributed by atoms with Crippen molar-refractivity contribution in [1.82, 2.24) is 0 Å². The first-order valence-electron chi connectivity index (χ1n) is 20.7. The van der Waals surface area contributed by atoms with Crippen LogP contribution in [0.2, 0.25) is 0 Å². The molecule has 0 amide bonds. The van der Waals surface area contributed by atoms with Crippen LogP contribution in [0.25, 0.3) is 33.4 Å². The van der Waals surface area contributed by atoms with Crippen molar-refractivity contribution in [2.24, 2.45) is 0 Å².